The van der Waals surface area contributed by atoms with E-state index in [9.17, 15) is 9.59 Å². The van der Waals surface area contributed by atoms with E-state index >= 15 is 0 Å². The van der Waals surface area contributed by atoms with Crippen molar-refractivity contribution in [2.75, 3.05) is 6.61 Å². The molecule has 2 aromatic carbocycles. The van der Waals surface area contributed by atoms with E-state index in [1.165, 1.54) is 4.90 Å². The fourth-order valence-corrected chi connectivity index (χ4v) is 3.46. The maximum absolute atomic E-state index is 12.6. The molecule has 6 heteroatoms. The summed E-state index contributed by atoms with van der Waals surface area (Å²) in [7, 11) is 0. The Morgan fingerprint density at radius 1 is 1.25 bits per heavy atom. The normalized spacial score (nSPS) is 17.0. The standard InChI is InChI=1S/C18H15BrClNO3/c19-14-7-6-13(16(20)10-14)9-17(22)21-15(11-24-18(21)23)8-12-4-2-1-3-5-12/h1-7,10,15H,8-9,11H2/t15-/m1/s1. The van der Waals surface area contributed by atoms with Gasteiger partial charge in [-0.15, -0.1) is 0 Å². The fraction of sp³-hybridized carbons (Fsp3) is 0.222. The lowest BCUT2D eigenvalue weighted by molar-refractivity contribution is -0.128. The Balaban J connectivity index is 1.75. The van der Waals surface area contributed by atoms with Gasteiger partial charge in [0.15, 0.2) is 0 Å². The second-order valence-electron chi connectivity index (χ2n) is 5.60. The Bertz CT molecular complexity index is 766. The van der Waals surface area contributed by atoms with Crippen molar-refractivity contribution < 1.29 is 14.3 Å². The highest BCUT2D eigenvalue weighted by Gasteiger charge is 2.37. The molecule has 0 aromatic heterocycles. The van der Waals surface area contributed by atoms with Crippen LogP contribution in [0.2, 0.25) is 5.02 Å². The zero-order valence-corrected chi connectivity index (χ0v) is 15.1. The van der Waals surface area contributed by atoms with Crippen molar-refractivity contribution in [3.63, 3.8) is 0 Å². The predicted molar refractivity (Wildman–Crippen MR) is 95.0 cm³/mol. The topological polar surface area (TPSA) is 46.6 Å². The van der Waals surface area contributed by atoms with Crippen molar-refractivity contribution in [3.05, 3.63) is 69.2 Å². The maximum atomic E-state index is 12.6. The molecule has 1 aliphatic heterocycles. The van der Waals surface area contributed by atoms with Gasteiger partial charge in [0.25, 0.3) is 0 Å². The quantitative estimate of drug-likeness (QED) is 0.760. The molecule has 0 saturated carbocycles. The molecule has 1 atom stereocenters. The van der Waals surface area contributed by atoms with Gasteiger partial charge >= 0.3 is 6.09 Å². The average Bonchev–Trinajstić information content (AvgIpc) is 2.91. The highest BCUT2D eigenvalue weighted by molar-refractivity contribution is 9.10. The minimum Gasteiger partial charge on any atom is -0.447 e. The summed E-state index contributed by atoms with van der Waals surface area (Å²) in [5.74, 6) is -0.303. The first-order chi connectivity index (χ1) is 11.5. The molecule has 0 unspecified atom stereocenters. The molecular weight excluding hydrogens is 394 g/mol. The number of ether oxygens (including phenoxy) is 1. The van der Waals surface area contributed by atoms with Crippen LogP contribution in [-0.2, 0) is 22.4 Å². The lowest BCUT2D eigenvalue weighted by Crippen LogP contribution is -2.41. The van der Waals surface area contributed by atoms with Crippen molar-refractivity contribution in [1.82, 2.24) is 4.90 Å². The fourth-order valence-electron chi connectivity index (χ4n) is 2.72. The zero-order valence-electron chi connectivity index (χ0n) is 12.7. The molecule has 0 N–H and O–H groups in total. The highest BCUT2D eigenvalue weighted by atomic mass is 79.9. The van der Waals surface area contributed by atoms with E-state index in [2.05, 4.69) is 15.9 Å². The van der Waals surface area contributed by atoms with Crippen molar-refractivity contribution >= 4 is 39.5 Å². The summed E-state index contributed by atoms with van der Waals surface area (Å²) in [5, 5.41) is 0.491. The Morgan fingerprint density at radius 3 is 2.71 bits per heavy atom. The Morgan fingerprint density at radius 2 is 2.00 bits per heavy atom. The van der Waals surface area contributed by atoms with Gasteiger partial charge in [-0.05, 0) is 29.7 Å². The molecule has 0 spiro atoms. The first-order valence-electron chi connectivity index (χ1n) is 7.51. The van der Waals surface area contributed by atoms with Gasteiger partial charge in [-0.25, -0.2) is 9.69 Å². The van der Waals surface area contributed by atoms with Gasteiger partial charge in [0.1, 0.15) is 6.61 Å². The minimum absolute atomic E-state index is 0.0620. The van der Waals surface area contributed by atoms with Crippen LogP contribution in [0.15, 0.2) is 53.0 Å². The molecule has 0 bridgehead atoms. The van der Waals surface area contributed by atoms with Crippen LogP contribution < -0.4 is 0 Å². The predicted octanol–water partition coefficient (Wildman–Crippen LogP) is 4.24. The molecular formula is C18H15BrClNO3. The maximum Gasteiger partial charge on any atom is 0.416 e. The van der Waals surface area contributed by atoms with Crippen LogP contribution in [0, 0.1) is 0 Å². The Labute approximate surface area is 153 Å². The summed E-state index contributed by atoms with van der Waals surface area (Å²) in [6, 6.07) is 14.8. The number of hydrogen-bond donors (Lipinski definition) is 0. The summed E-state index contributed by atoms with van der Waals surface area (Å²) in [5.41, 5.74) is 1.74. The monoisotopic (exact) mass is 407 g/mol. The second-order valence-corrected chi connectivity index (χ2v) is 6.92. The van der Waals surface area contributed by atoms with Gasteiger partial charge in [0, 0.05) is 9.50 Å². The second kappa shape index (κ2) is 7.36. The molecule has 124 valence electrons. The Kier molecular flexibility index (Phi) is 5.21. The van der Waals surface area contributed by atoms with Crippen LogP contribution in [0.4, 0.5) is 4.79 Å². The molecule has 1 aliphatic rings. The van der Waals surface area contributed by atoms with Gasteiger partial charge in [-0.2, -0.15) is 0 Å². The van der Waals surface area contributed by atoms with Crippen LogP contribution in [0.1, 0.15) is 11.1 Å². The summed E-state index contributed by atoms with van der Waals surface area (Å²) in [6.45, 7) is 0.216. The number of cyclic esters (lactones) is 1. The molecule has 1 saturated heterocycles. The van der Waals surface area contributed by atoms with E-state index in [-0.39, 0.29) is 25.0 Å². The summed E-state index contributed by atoms with van der Waals surface area (Å²) in [6.07, 6.45) is 0.0491. The van der Waals surface area contributed by atoms with Gasteiger partial charge < -0.3 is 4.74 Å². The van der Waals surface area contributed by atoms with Crippen LogP contribution in [0.3, 0.4) is 0 Å². The summed E-state index contributed by atoms with van der Waals surface area (Å²) >= 11 is 9.50. The number of nitrogens with zero attached hydrogens (tertiary/aromatic N) is 1. The van der Waals surface area contributed by atoms with Crippen LogP contribution >= 0.6 is 27.5 Å². The van der Waals surface area contributed by atoms with E-state index in [4.69, 9.17) is 16.3 Å². The number of benzene rings is 2. The molecule has 1 fully saturated rings. The third kappa shape index (κ3) is 3.79. The van der Waals surface area contributed by atoms with Crippen molar-refractivity contribution in [2.24, 2.45) is 0 Å². The number of rotatable bonds is 4. The van der Waals surface area contributed by atoms with Crippen molar-refractivity contribution in [3.8, 4) is 0 Å². The van der Waals surface area contributed by atoms with E-state index in [0.29, 0.717) is 17.0 Å². The highest BCUT2D eigenvalue weighted by Crippen LogP contribution is 2.24. The van der Waals surface area contributed by atoms with E-state index in [1.807, 2.05) is 36.4 Å². The molecule has 4 nitrogen and oxygen atoms in total. The third-order valence-corrected chi connectivity index (χ3v) is 4.75. The lowest BCUT2D eigenvalue weighted by atomic mass is 10.0. The summed E-state index contributed by atoms with van der Waals surface area (Å²) in [4.78, 5) is 25.8. The molecule has 2 aromatic rings. The number of halogens is 2. The lowest BCUT2D eigenvalue weighted by Gasteiger charge is -2.20. The van der Waals surface area contributed by atoms with E-state index in [1.54, 1.807) is 12.1 Å². The van der Waals surface area contributed by atoms with Gasteiger partial charge in [-0.1, -0.05) is 63.9 Å². The smallest absolute Gasteiger partial charge is 0.416 e. The number of imide groups is 1. The van der Waals surface area contributed by atoms with Crippen molar-refractivity contribution in [2.45, 2.75) is 18.9 Å². The number of carbonyl (C=O) groups is 2. The van der Waals surface area contributed by atoms with Crippen LogP contribution in [0.25, 0.3) is 0 Å². The molecule has 0 aliphatic carbocycles. The molecule has 2 amide bonds. The van der Waals surface area contributed by atoms with E-state index in [0.717, 1.165) is 10.0 Å². The van der Waals surface area contributed by atoms with Gasteiger partial charge in [0.05, 0.1) is 12.5 Å². The minimum atomic E-state index is -0.589. The molecule has 24 heavy (non-hydrogen) atoms. The largest absolute Gasteiger partial charge is 0.447 e. The van der Waals surface area contributed by atoms with Crippen molar-refractivity contribution in [1.29, 1.82) is 0 Å². The summed E-state index contributed by atoms with van der Waals surface area (Å²) < 4.78 is 5.92. The number of amides is 2. The first-order valence-corrected chi connectivity index (χ1v) is 8.68. The first kappa shape index (κ1) is 17.0. The van der Waals surface area contributed by atoms with E-state index < -0.39 is 6.09 Å². The number of carbonyl (C=O) groups excluding carboxylic acids is 2. The third-order valence-electron chi connectivity index (χ3n) is 3.90. The van der Waals surface area contributed by atoms with Crippen LogP contribution in [0.5, 0.6) is 0 Å². The number of hydrogen-bond acceptors (Lipinski definition) is 3. The van der Waals surface area contributed by atoms with Gasteiger partial charge in [0.2, 0.25) is 5.91 Å². The SMILES string of the molecule is O=C(Cc1ccc(Br)cc1Cl)N1C(=O)OC[C@H]1Cc1ccccc1. The zero-order chi connectivity index (χ0) is 17.1. The average molecular weight is 409 g/mol. The molecule has 0 radical (unpaired) electrons. The van der Waals surface area contributed by atoms with Gasteiger partial charge in [-0.3, -0.25) is 4.79 Å². The Hall–Kier alpha value is -1.85. The van der Waals surface area contributed by atoms with Crippen LogP contribution in [-0.4, -0.2) is 29.5 Å². The molecule has 3 rings (SSSR count). The molecule has 1 heterocycles.